The monoisotopic (exact) mass is 387 g/mol. The Morgan fingerprint density at radius 2 is 2.00 bits per heavy atom. The van der Waals surface area contributed by atoms with Crippen molar-refractivity contribution in [3.8, 4) is 11.5 Å². The molecular weight excluding hydrogens is 372 g/mol. The summed E-state index contributed by atoms with van der Waals surface area (Å²) in [5, 5.41) is 4.04. The minimum atomic E-state index is -0.481. The highest BCUT2D eigenvalue weighted by Gasteiger charge is 2.34. The van der Waals surface area contributed by atoms with Gasteiger partial charge in [-0.15, -0.1) is 0 Å². The quantitative estimate of drug-likeness (QED) is 0.800. The van der Waals surface area contributed by atoms with Gasteiger partial charge < -0.3 is 10.3 Å². The van der Waals surface area contributed by atoms with Gasteiger partial charge in [-0.1, -0.05) is 24.4 Å². The summed E-state index contributed by atoms with van der Waals surface area (Å²) < 4.78 is 19.2. The van der Waals surface area contributed by atoms with Crippen molar-refractivity contribution in [2.75, 3.05) is 0 Å². The molecular formula is C14H15FIN3O. The van der Waals surface area contributed by atoms with Crippen molar-refractivity contribution in [3.05, 3.63) is 33.4 Å². The number of halogens is 2. The maximum atomic E-state index is 13.1. The number of hydrogen-bond acceptors (Lipinski definition) is 4. The number of hydrogen-bond donors (Lipinski definition) is 1. The summed E-state index contributed by atoms with van der Waals surface area (Å²) in [6.45, 7) is 0. The van der Waals surface area contributed by atoms with E-state index < -0.39 is 5.54 Å². The number of benzene rings is 1. The molecule has 3 rings (SSSR count). The summed E-state index contributed by atoms with van der Waals surface area (Å²) in [5.74, 6) is 0.688. The van der Waals surface area contributed by atoms with Gasteiger partial charge in [0.15, 0.2) is 5.82 Å². The van der Waals surface area contributed by atoms with E-state index in [4.69, 9.17) is 10.3 Å². The highest BCUT2D eigenvalue weighted by molar-refractivity contribution is 14.1. The molecule has 1 heterocycles. The third kappa shape index (κ3) is 2.58. The van der Waals surface area contributed by atoms with E-state index in [9.17, 15) is 4.39 Å². The van der Waals surface area contributed by atoms with Crippen molar-refractivity contribution in [2.24, 2.45) is 5.73 Å². The van der Waals surface area contributed by atoms with Crippen LogP contribution in [0.25, 0.3) is 11.5 Å². The molecule has 1 aliphatic carbocycles. The molecule has 0 bridgehead atoms. The zero-order chi connectivity index (χ0) is 14.2. The number of nitrogens with zero attached hydrogens (tertiary/aromatic N) is 2. The van der Waals surface area contributed by atoms with Gasteiger partial charge >= 0.3 is 0 Å². The lowest BCUT2D eigenvalue weighted by Crippen LogP contribution is -2.39. The first-order chi connectivity index (χ1) is 9.58. The van der Waals surface area contributed by atoms with Gasteiger partial charge in [0.25, 0.3) is 5.89 Å². The SMILES string of the molecule is NC1(c2noc(-c3ccc(F)cc3I)n2)CCCCC1. The summed E-state index contributed by atoms with van der Waals surface area (Å²) in [4.78, 5) is 4.44. The number of rotatable bonds is 2. The van der Waals surface area contributed by atoms with Crippen molar-refractivity contribution in [2.45, 2.75) is 37.6 Å². The fraction of sp³-hybridized carbons (Fsp3) is 0.429. The van der Waals surface area contributed by atoms with Crippen molar-refractivity contribution in [1.29, 1.82) is 0 Å². The maximum absolute atomic E-state index is 13.1. The van der Waals surface area contributed by atoms with Crippen LogP contribution in [0, 0.1) is 9.39 Å². The summed E-state index contributed by atoms with van der Waals surface area (Å²) in [6.07, 6.45) is 5.15. The second-order valence-electron chi connectivity index (χ2n) is 5.26. The summed E-state index contributed by atoms with van der Waals surface area (Å²) in [5.41, 5.74) is 6.65. The van der Waals surface area contributed by atoms with Gasteiger partial charge in [-0.3, -0.25) is 0 Å². The molecule has 0 radical (unpaired) electrons. The lowest BCUT2D eigenvalue weighted by Gasteiger charge is -2.29. The molecule has 2 aromatic rings. The van der Waals surface area contributed by atoms with Gasteiger partial charge in [0.05, 0.1) is 11.1 Å². The molecule has 1 aromatic heterocycles. The first-order valence-corrected chi connectivity index (χ1v) is 7.75. The molecule has 106 valence electrons. The molecule has 0 spiro atoms. The van der Waals surface area contributed by atoms with Gasteiger partial charge in [-0.05, 0) is 53.6 Å². The van der Waals surface area contributed by atoms with Crippen LogP contribution in [-0.2, 0) is 5.54 Å². The fourth-order valence-corrected chi connectivity index (χ4v) is 3.31. The fourth-order valence-electron chi connectivity index (χ4n) is 2.60. The molecule has 0 unspecified atom stereocenters. The number of aromatic nitrogens is 2. The second-order valence-corrected chi connectivity index (χ2v) is 6.43. The molecule has 1 aromatic carbocycles. The highest BCUT2D eigenvalue weighted by Crippen LogP contribution is 2.34. The van der Waals surface area contributed by atoms with E-state index in [1.165, 1.54) is 18.6 Å². The van der Waals surface area contributed by atoms with Gasteiger partial charge in [-0.25, -0.2) is 4.39 Å². The third-order valence-corrected chi connectivity index (χ3v) is 4.67. The molecule has 0 atom stereocenters. The molecule has 0 saturated heterocycles. The molecule has 1 saturated carbocycles. The Kier molecular flexibility index (Phi) is 3.76. The van der Waals surface area contributed by atoms with Crippen LogP contribution in [0.5, 0.6) is 0 Å². The van der Waals surface area contributed by atoms with Crippen LogP contribution >= 0.6 is 22.6 Å². The predicted molar refractivity (Wildman–Crippen MR) is 81.4 cm³/mol. The Morgan fingerprint density at radius 1 is 1.25 bits per heavy atom. The first kappa shape index (κ1) is 13.9. The van der Waals surface area contributed by atoms with E-state index in [0.29, 0.717) is 11.7 Å². The average Bonchev–Trinajstić information content (AvgIpc) is 2.90. The van der Waals surface area contributed by atoms with Gasteiger partial charge in [0.1, 0.15) is 5.82 Å². The summed E-state index contributed by atoms with van der Waals surface area (Å²) in [7, 11) is 0. The minimum Gasteiger partial charge on any atom is -0.334 e. The van der Waals surface area contributed by atoms with E-state index >= 15 is 0 Å². The molecule has 4 nitrogen and oxygen atoms in total. The molecule has 2 N–H and O–H groups in total. The molecule has 6 heteroatoms. The Morgan fingerprint density at radius 3 is 2.70 bits per heavy atom. The van der Waals surface area contributed by atoms with E-state index in [1.54, 1.807) is 6.07 Å². The predicted octanol–water partition coefficient (Wildman–Crippen LogP) is 3.60. The molecule has 0 amide bonds. The standard InChI is InChI=1S/C14H15FIN3O/c15-9-4-5-10(11(16)8-9)12-18-13(19-20-12)14(17)6-2-1-3-7-14/h4-5,8H,1-3,6-7,17H2. The van der Waals surface area contributed by atoms with Gasteiger partial charge in [0, 0.05) is 3.57 Å². The van der Waals surface area contributed by atoms with Crippen LogP contribution < -0.4 is 5.73 Å². The van der Waals surface area contributed by atoms with E-state index in [0.717, 1.165) is 34.8 Å². The van der Waals surface area contributed by atoms with E-state index in [2.05, 4.69) is 32.7 Å². The number of nitrogens with two attached hydrogens (primary N) is 1. The van der Waals surface area contributed by atoms with Crippen LogP contribution in [0.4, 0.5) is 4.39 Å². The smallest absolute Gasteiger partial charge is 0.259 e. The molecule has 1 fully saturated rings. The minimum absolute atomic E-state index is 0.277. The van der Waals surface area contributed by atoms with Crippen LogP contribution in [-0.4, -0.2) is 10.1 Å². The van der Waals surface area contributed by atoms with Crippen LogP contribution in [0.3, 0.4) is 0 Å². The second kappa shape index (κ2) is 5.40. The van der Waals surface area contributed by atoms with Crippen LogP contribution in [0.2, 0.25) is 0 Å². The molecule has 20 heavy (non-hydrogen) atoms. The van der Waals surface area contributed by atoms with E-state index in [1.807, 2.05) is 0 Å². The van der Waals surface area contributed by atoms with E-state index in [-0.39, 0.29) is 5.82 Å². The zero-order valence-corrected chi connectivity index (χ0v) is 13.1. The average molecular weight is 387 g/mol. The van der Waals surface area contributed by atoms with Gasteiger partial charge in [0.2, 0.25) is 0 Å². The highest BCUT2D eigenvalue weighted by atomic mass is 127. The normalized spacial score (nSPS) is 18.1. The van der Waals surface area contributed by atoms with Crippen molar-refractivity contribution < 1.29 is 8.91 Å². The molecule has 1 aliphatic rings. The summed E-state index contributed by atoms with van der Waals surface area (Å²) in [6, 6.07) is 4.48. The lowest BCUT2D eigenvalue weighted by atomic mass is 9.82. The largest absolute Gasteiger partial charge is 0.334 e. The summed E-state index contributed by atoms with van der Waals surface area (Å²) >= 11 is 2.06. The topological polar surface area (TPSA) is 64.9 Å². The Hall–Kier alpha value is -1.02. The van der Waals surface area contributed by atoms with Crippen LogP contribution in [0.15, 0.2) is 22.7 Å². The lowest BCUT2D eigenvalue weighted by molar-refractivity contribution is 0.275. The van der Waals surface area contributed by atoms with Crippen molar-refractivity contribution in [3.63, 3.8) is 0 Å². The Bertz CT molecular complexity index is 623. The van der Waals surface area contributed by atoms with Crippen LogP contribution in [0.1, 0.15) is 37.9 Å². The molecule has 0 aliphatic heterocycles. The van der Waals surface area contributed by atoms with Crippen molar-refractivity contribution in [1.82, 2.24) is 10.1 Å². The van der Waals surface area contributed by atoms with Gasteiger partial charge in [-0.2, -0.15) is 4.98 Å². The Balaban J connectivity index is 1.93. The maximum Gasteiger partial charge on any atom is 0.259 e. The Labute approximate surface area is 130 Å². The first-order valence-electron chi connectivity index (χ1n) is 6.67. The zero-order valence-electron chi connectivity index (χ0n) is 10.9. The van der Waals surface area contributed by atoms with Crippen molar-refractivity contribution >= 4 is 22.6 Å². The third-order valence-electron chi connectivity index (χ3n) is 3.78.